The van der Waals surface area contributed by atoms with Crippen LogP contribution >= 0.6 is 0 Å². The Morgan fingerprint density at radius 3 is 1.73 bits per heavy atom. The monoisotopic (exact) mass is 567 g/mol. The van der Waals surface area contributed by atoms with Crippen molar-refractivity contribution in [2.75, 3.05) is 0 Å². The van der Waals surface area contributed by atoms with Crippen molar-refractivity contribution in [3.05, 3.63) is 23.8 Å². The first-order chi connectivity index (χ1) is 18.0. The average molecular weight is 568 g/mol. The second kappa shape index (κ2) is 13.3. The van der Waals surface area contributed by atoms with E-state index in [0.29, 0.717) is 5.56 Å². The molecule has 0 aliphatic rings. The van der Waals surface area contributed by atoms with Crippen molar-refractivity contribution in [1.82, 2.24) is 0 Å². The number of carboxylic acids is 1. The summed E-state index contributed by atoms with van der Waals surface area (Å²) < 4.78 is 26.7. The van der Waals surface area contributed by atoms with Gasteiger partial charge in [0, 0.05) is 11.8 Å². The lowest BCUT2D eigenvalue weighted by Crippen LogP contribution is -2.42. The van der Waals surface area contributed by atoms with Gasteiger partial charge in [0.1, 0.15) is 23.3 Å². The van der Waals surface area contributed by atoms with E-state index in [1.54, 1.807) is 55.4 Å². The molecular weight excluding hydrogens is 522 g/mol. The topological polar surface area (TPSA) is 161 Å². The molecule has 0 amide bonds. The van der Waals surface area contributed by atoms with E-state index in [1.165, 1.54) is 18.2 Å². The summed E-state index contributed by atoms with van der Waals surface area (Å²) >= 11 is 0. The summed E-state index contributed by atoms with van der Waals surface area (Å²) in [6.07, 6.45) is -2.65. The van der Waals surface area contributed by atoms with Crippen LogP contribution < -0.4 is 15.2 Å². The first-order valence-electron chi connectivity index (χ1n) is 13.1. The minimum atomic E-state index is -1.41. The van der Waals surface area contributed by atoms with Crippen LogP contribution in [-0.2, 0) is 23.8 Å². The lowest BCUT2D eigenvalue weighted by molar-refractivity contribution is -0.153. The van der Waals surface area contributed by atoms with Gasteiger partial charge in [0.15, 0.2) is 11.5 Å². The molecule has 0 aliphatic heterocycles. The van der Waals surface area contributed by atoms with Crippen molar-refractivity contribution < 1.29 is 48.0 Å². The molecule has 11 heteroatoms. The minimum absolute atomic E-state index is 0.163. The molecule has 1 aromatic rings. The number of carboxylic acid groups (broad SMARTS) is 1. The van der Waals surface area contributed by atoms with Gasteiger partial charge in [0.2, 0.25) is 0 Å². The van der Waals surface area contributed by atoms with Gasteiger partial charge >= 0.3 is 24.2 Å². The number of aliphatic carboxylic acids is 1. The van der Waals surface area contributed by atoms with Gasteiger partial charge in [0.05, 0.1) is 6.42 Å². The molecule has 0 saturated heterocycles. The van der Waals surface area contributed by atoms with Gasteiger partial charge < -0.3 is 34.5 Å². The molecule has 3 unspecified atom stereocenters. The molecule has 0 aromatic heterocycles. The SMILES string of the molecule is CC(OC(=O)CC(C)(C)C)C(C)C(c1ccc(OC(=O)OC(C)(C)C)c(OC(=O)OC(C)(C)C)c1)[C@H](N)C(=O)O. The molecule has 1 aromatic carbocycles. The predicted molar refractivity (Wildman–Crippen MR) is 147 cm³/mol. The molecule has 40 heavy (non-hydrogen) atoms. The van der Waals surface area contributed by atoms with E-state index in [9.17, 15) is 24.3 Å². The highest BCUT2D eigenvalue weighted by molar-refractivity contribution is 5.75. The molecule has 0 spiro atoms. The fourth-order valence-corrected chi connectivity index (χ4v) is 3.69. The number of hydrogen-bond donors (Lipinski definition) is 2. The largest absolute Gasteiger partial charge is 0.514 e. The molecule has 0 radical (unpaired) electrons. The van der Waals surface area contributed by atoms with Crippen LogP contribution in [-0.4, -0.2) is 52.7 Å². The number of carbonyl (C=O) groups is 4. The number of rotatable bonds is 9. The maximum absolute atomic E-state index is 12.5. The van der Waals surface area contributed by atoms with Crippen LogP contribution in [0.2, 0.25) is 0 Å². The number of benzene rings is 1. The van der Waals surface area contributed by atoms with Crippen molar-refractivity contribution in [2.24, 2.45) is 17.1 Å². The fourth-order valence-electron chi connectivity index (χ4n) is 3.69. The zero-order valence-electron chi connectivity index (χ0n) is 25.4. The van der Waals surface area contributed by atoms with Crippen molar-refractivity contribution >= 4 is 24.2 Å². The molecule has 0 saturated carbocycles. The first kappa shape index (κ1) is 34.7. The number of hydrogen-bond acceptors (Lipinski definition) is 10. The fraction of sp³-hybridized carbons (Fsp3) is 0.655. The van der Waals surface area contributed by atoms with E-state index in [2.05, 4.69) is 0 Å². The molecule has 1 rings (SSSR count). The summed E-state index contributed by atoms with van der Waals surface area (Å²) in [5.74, 6) is -3.57. The van der Waals surface area contributed by atoms with Crippen molar-refractivity contribution in [3.8, 4) is 11.5 Å². The summed E-state index contributed by atoms with van der Waals surface area (Å²) in [5.41, 5.74) is 4.43. The maximum Gasteiger partial charge on any atom is 0.514 e. The molecule has 4 atom stereocenters. The number of ether oxygens (including phenoxy) is 5. The van der Waals surface area contributed by atoms with Crippen LogP contribution in [0.4, 0.5) is 9.59 Å². The normalized spacial score (nSPS) is 15.2. The number of nitrogens with two attached hydrogens (primary N) is 1. The standard InChI is InChI=1S/C29H45NO10/c1-16(17(2)36-21(31)15-27(3,4)5)22(23(30)24(32)33)18-12-13-19(37-25(34)39-28(6,7)8)20(14-18)38-26(35)40-29(9,10)11/h12-14,16-17,22-23H,15,30H2,1-11H3,(H,32,33)/t16?,17?,22?,23-/m0/s1. The summed E-state index contributed by atoms with van der Waals surface area (Å²) in [6, 6.07) is 2.77. The summed E-state index contributed by atoms with van der Waals surface area (Å²) in [7, 11) is 0. The van der Waals surface area contributed by atoms with E-state index >= 15 is 0 Å². The number of esters is 1. The highest BCUT2D eigenvalue weighted by atomic mass is 16.8. The third-order valence-electron chi connectivity index (χ3n) is 5.49. The second-order valence-electron chi connectivity index (χ2n) is 13.0. The van der Waals surface area contributed by atoms with E-state index in [4.69, 9.17) is 29.4 Å². The smallest absolute Gasteiger partial charge is 0.480 e. The van der Waals surface area contributed by atoms with Gasteiger partial charge in [-0.1, -0.05) is 33.8 Å². The molecule has 0 fully saturated rings. The lowest BCUT2D eigenvalue weighted by Gasteiger charge is -2.32. The van der Waals surface area contributed by atoms with Crippen LogP contribution in [0.3, 0.4) is 0 Å². The van der Waals surface area contributed by atoms with Crippen LogP contribution in [0.15, 0.2) is 18.2 Å². The second-order valence-corrected chi connectivity index (χ2v) is 13.0. The van der Waals surface area contributed by atoms with E-state index < -0.39 is 59.4 Å². The van der Waals surface area contributed by atoms with E-state index in [1.807, 2.05) is 20.8 Å². The molecular formula is C29H45NO10. The Bertz CT molecular complexity index is 1060. The Kier molecular flexibility index (Phi) is 11.6. The minimum Gasteiger partial charge on any atom is -0.480 e. The van der Waals surface area contributed by atoms with Crippen LogP contribution in [0.1, 0.15) is 94.1 Å². The maximum atomic E-state index is 12.5. The van der Waals surface area contributed by atoms with Crippen LogP contribution in [0, 0.1) is 11.3 Å². The third-order valence-corrected chi connectivity index (χ3v) is 5.49. The lowest BCUT2D eigenvalue weighted by atomic mass is 9.79. The molecule has 226 valence electrons. The zero-order chi connectivity index (χ0) is 31.2. The quantitative estimate of drug-likeness (QED) is 0.210. The molecule has 0 bridgehead atoms. The van der Waals surface area contributed by atoms with E-state index in [0.717, 1.165) is 0 Å². The van der Waals surface area contributed by atoms with Gasteiger partial charge in [-0.05, 0) is 71.6 Å². The Morgan fingerprint density at radius 1 is 0.825 bits per heavy atom. The van der Waals surface area contributed by atoms with Gasteiger partial charge in [-0.15, -0.1) is 0 Å². The zero-order valence-corrected chi connectivity index (χ0v) is 25.4. The van der Waals surface area contributed by atoms with Gasteiger partial charge in [-0.25, -0.2) is 9.59 Å². The molecule has 0 aliphatic carbocycles. The Labute approximate surface area is 236 Å². The summed E-state index contributed by atoms with van der Waals surface area (Å²) in [5, 5.41) is 9.78. The first-order valence-corrected chi connectivity index (χ1v) is 13.1. The highest BCUT2D eigenvalue weighted by Crippen LogP contribution is 2.38. The van der Waals surface area contributed by atoms with Crippen molar-refractivity contribution in [2.45, 2.75) is 112 Å². The van der Waals surface area contributed by atoms with E-state index in [-0.39, 0.29) is 23.3 Å². The molecule has 0 heterocycles. The van der Waals surface area contributed by atoms with Crippen LogP contribution in [0.25, 0.3) is 0 Å². The van der Waals surface area contributed by atoms with Crippen LogP contribution in [0.5, 0.6) is 11.5 Å². The van der Waals surface area contributed by atoms with Gasteiger partial charge in [-0.3, -0.25) is 9.59 Å². The molecule has 3 N–H and O–H groups in total. The summed E-state index contributed by atoms with van der Waals surface area (Å²) in [4.78, 5) is 49.3. The van der Waals surface area contributed by atoms with Crippen molar-refractivity contribution in [1.29, 1.82) is 0 Å². The number of carbonyl (C=O) groups excluding carboxylic acids is 3. The Hall–Kier alpha value is -3.34. The van der Waals surface area contributed by atoms with Crippen molar-refractivity contribution in [3.63, 3.8) is 0 Å². The van der Waals surface area contributed by atoms with Gasteiger partial charge in [-0.2, -0.15) is 0 Å². The molecule has 11 nitrogen and oxygen atoms in total. The third kappa shape index (κ3) is 12.2. The Balaban J connectivity index is 3.49. The highest BCUT2D eigenvalue weighted by Gasteiger charge is 2.36. The van der Waals surface area contributed by atoms with Gasteiger partial charge in [0.25, 0.3) is 0 Å². The average Bonchev–Trinajstić information content (AvgIpc) is 2.71. The summed E-state index contributed by atoms with van der Waals surface area (Å²) in [6.45, 7) is 19.0. The predicted octanol–water partition coefficient (Wildman–Crippen LogP) is 5.81. The Morgan fingerprint density at radius 2 is 1.30 bits per heavy atom.